The van der Waals surface area contributed by atoms with E-state index in [1.165, 1.54) is 17.8 Å². The van der Waals surface area contributed by atoms with Gasteiger partial charge in [0.25, 0.3) is 0 Å². The number of pyridine rings is 1. The molecule has 20 heavy (non-hydrogen) atoms. The Bertz CT molecular complexity index is 586. The summed E-state index contributed by atoms with van der Waals surface area (Å²) in [7, 11) is 0. The summed E-state index contributed by atoms with van der Waals surface area (Å²) in [4.78, 5) is 19.4. The van der Waals surface area contributed by atoms with Gasteiger partial charge in [0.1, 0.15) is 5.03 Å². The molecule has 0 aromatic carbocycles. The van der Waals surface area contributed by atoms with Gasteiger partial charge in [-0.05, 0) is 18.6 Å². The Labute approximate surface area is 120 Å². The summed E-state index contributed by atoms with van der Waals surface area (Å²) in [5.74, 6) is 0.607. The Morgan fingerprint density at radius 1 is 1.50 bits per heavy atom. The molecular weight excluding hydrogens is 278 g/mol. The van der Waals surface area contributed by atoms with Gasteiger partial charge in [0, 0.05) is 12.6 Å². The van der Waals surface area contributed by atoms with Crippen molar-refractivity contribution in [3.63, 3.8) is 0 Å². The Hall–Kier alpha value is -1.89. The number of unbranched alkanes of at least 4 members (excludes halogenated alkanes) is 1. The van der Waals surface area contributed by atoms with E-state index in [2.05, 4.69) is 22.0 Å². The van der Waals surface area contributed by atoms with Crippen molar-refractivity contribution in [3.05, 3.63) is 35.6 Å². The lowest BCUT2D eigenvalue weighted by atomic mass is 10.2. The maximum atomic E-state index is 11.1. The summed E-state index contributed by atoms with van der Waals surface area (Å²) >= 11 is 1.28. The molecule has 0 saturated heterocycles. The van der Waals surface area contributed by atoms with Crippen molar-refractivity contribution in [2.24, 2.45) is 0 Å². The number of carboxylic acids is 1. The standard InChI is InChI=1S/C13H15N3O3S/c1-2-3-6-10-15-11(19-16-10)8-20-12-9(13(17)18)5-4-7-14-12/h4-5,7H,2-3,6,8H2,1H3,(H,17,18). The first-order valence-electron chi connectivity index (χ1n) is 6.33. The summed E-state index contributed by atoms with van der Waals surface area (Å²) in [6.07, 6.45) is 4.47. The van der Waals surface area contributed by atoms with Crippen molar-refractivity contribution in [2.75, 3.05) is 0 Å². The molecule has 2 heterocycles. The largest absolute Gasteiger partial charge is 0.478 e. The van der Waals surface area contributed by atoms with Crippen LogP contribution in [0, 0.1) is 0 Å². The lowest BCUT2D eigenvalue weighted by Gasteiger charge is -2.01. The van der Waals surface area contributed by atoms with Gasteiger partial charge in [-0.2, -0.15) is 4.98 Å². The van der Waals surface area contributed by atoms with Gasteiger partial charge in [-0.1, -0.05) is 30.3 Å². The van der Waals surface area contributed by atoms with Gasteiger partial charge in [0.2, 0.25) is 5.89 Å². The van der Waals surface area contributed by atoms with Crippen LogP contribution in [0.25, 0.3) is 0 Å². The number of hydrogen-bond donors (Lipinski definition) is 1. The van der Waals surface area contributed by atoms with E-state index in [4.69, 9.17) is 9.63 Å². The number of carboxylic acid groups (broad SMARTS) is 1. The molecule has 0 amide bonds. The molecule has 1 N–H and O–H groups in total. The Morgan fingerprint density at radius 2 is 2.35 bits per heavy atom. The molecule has 2 rings (SSSR count). The predicted octanol–water partition coefficient (Wildman–Crippen LogP) is 2.80. The average molecular weight is 293 g/mol. The quantitative estimate of drug-likeness (QED) is 0.785. The first kappa shape index (κ1) is 14.5. The third-order valence-electron chi connectivity index (χ3n) is 2.60. The zero-order valence-electron chi connectivity index (χ0n) is 11.1. The molecule has 2 aromatic rings. The fourth-order valence-corrected chi connectivity index (χ4v) is 2.41. The Kier molecular flexibility index (Phi) is 5.11. The van der Waals surface area contributed by atoms with Crippen LogP contribution >= 0.6 is 11.8 Å². The SMILES string of the molecule is CCCCc1noc(CSc2ncccc2C(=O)O)n1. The highest BCUT2D eigenvalue weighted by Crippen LogP contribution is 2.23. The second-order valence-electron chi connectivity index (χ2n) is 4.16. The van der Waals surface area contributed by atoms with Gasteiger partial charge < -0.3 is 9.63 Å². The summed E-state index contributed by atoms with van der Waals surface area (Å²) < 4.78 is 5.13. The zero-order valence-corrected chi connectivity index (χ0v) is 11.9. The lowest BCUT2D eigenvalue weighted by Crippen LogP contribution is -2.00. The number of thioether (sulfide) groups is 1. The maximum absolute atomic E-state index is 11.1. The number of nitrogens with zero attached hydrogens (tertiary/aromatic N) is 3. The molecular formula is C13H15N3O3S. The highest BCUT2D eigenvalue weighted by Gasteiger charge is 2.13. The number of aromatic carboxylic acids is 1. The van der Waals surface area contributed by atoms with E-state index in [9.17, 15) is 4.79 Å². The van der Waals surface area contributed by atoms with Gasteiger partial charge >= 0.3 is 5.97 Å². The van der Waals surface area contributed by atoms with E-state index in [0.717, 1.165) is 19.3 Å². The molecule has 0 aliphatic heterocycles. The molecule has 0 aliphatic rings. The van der Waals surface area contributed by atoms with E-state index in [0.29, 0.717) is 22.5 Å². The lowest BCUT2D eigenvalue weighted by molar-refractivity contribution is 0.0692. The van der Waals surface area contributed by atoms with Crippen LogP contribution < -0.4 is 0 Å². The molecule has 0 bridgehead atoms. The van der Waals surface area contributed by atoms with Crippen LogP contribution in [0.1, 0.15) is 41.8 Å². The zero-order chi connectivity index (χ0) is 14.4. The van der Waals surface area contributed by atoms with Gasteiger partial charge in [0.05, 0.1) is 11.3 Å². The highest BCUT2D eigenvalue weighted by atomic mass is 32.2. The predicted molar refractivity (Wildman–Crippen MR) is 73.7 cm³/mol. The number of hydrogen-bond acceptors (Lipinski definition) is 6. The molecule has 0 spiro atoms. The van der Waals surface area contributed by atoms with Crippen LogP contribution in [0.4, 0.5) is 0 Å². The monoisotopic (exact) mass is 293 g/mol. The van der Waals surface area contributed by atoms with E-state index < -0.39 is 5.97 Å². The summed E-state index contributed by atoms with van der Waals surface area (Å²) in [6.45, 7) is 2.10. The number of rotatable bonds is 7. The van der Waals surface area contributed by atoms with Crippen molar-refractivity contribution >= 4 is 17.7 Å². The van der Waals surface area contributed by atoms with Gasteiger partial charge in [-0.25, -0.2) is 9.78 Å². The molecule has 2 aromatic heterocycles. The molecule has 0 atom stereocenters. The third-order valence-corrected chi connectivity index (χ3v) is 3.59. The molecule has 0 radical (unpaired) electrons. The van der Waals surface area contributed by atoms with Crippen molar-refractivity contribution in [1.82, 2.24) is 15.1 Å². The van der Waals surface area contributed by atoms with Crippen molar-refractivity contribution in [3.8, 4) is 0 Å². The Balaban J connectivity index is 1.98. The van der Waals surface area contributed by atoms with E-state index in [1.54, 1.807) is 12.3 Å². The summed E-state index contributed by atoms with van der Waals surface area (Å²) in [5.41, 5.74) is 0.184. The topological polar surface area (TPSA) is 89.1 Å². The maximum Gasteiger partial charge on any atom is 0.338 e. The molecule has 0 aliphatic carbocycles. The minimum absolute atomic E-state index is 0.184. The summed E-state index contributed by atoms with van der Waals surface area (Å²) in [5, 5.41) is 13.4. The smallest absolute Gasteiger partial charge is 0.338 e. The minimum atomic E-state index is -0.991. The van der Waals surface area contributed by atoms with Crippen LogP contribution in [-0.4, -0.2) is 26.2 Å². The van der Waals surface area contributed by atoms with E-state index in [1.807, 2.05) is 0 Å². The van der Waals surface area contributed by atoms with Crippen LogP contribution in [0.15, 0.2) is 27.9 Å². The van der Waals surface area contributed by atoms with Crippen LogP contribution in [0.5, 0.6) is 0 Å². The normalized spacial score (nSPS) is 10.7. The van der Waals surface area contributed by atoms with Crippen molar-refractivity contribution < 1.29 is 14.4 Å². The first-order valence-corrected chi connectivity index (χ1v) is 7.32. The van der Waals surface area contributed by atoms with Crippen LogP contribution in [-0.2, 0) is 12.2 Å². The number of aryl methyl sites for hydroxylation is 1. The molecule has 106 valence electrons. The molecule has 0 fully saturated rings. The van der Waals surface area contributed by atoms with Gasteiger partial charge in [-0.15, -0.1) is 0 Å². The van der Waals surface area contributed by atoms with E-state index >= 15 is 0 Å². The molecule has 0 saturated carbocycles. The fourth-order valence-electron chi connectivity index (χ4n) is 1.58. The second-order valence-corrected chi connectivity index (χ2v) is 5.12. The summed E-state index contributed by atoms with van der Waals surface area (Å²) in [6, 6.07) is 3.13. The Morgan fingerprint density at radius 3 is 3.10 bits per heavy atom. The fraction of sp³-hybridized carbons (Fsp3) is 0.385. The molecule has 7 heteroatoms. The number of carbonyl (C=O) groups is 1. The number of aromatic nitrogens is 3. The van der Waals surface area contributed by atoms with Crippen molar-refractivity contribution in [2.45, 2.75) is 37.0 Å². The molecule has 6 nitrogen and oxygen atoms in total. The van der Waals surface area contributed by atoms with E-state index in [-0.39, 0.29) is 5.56 Å². The molecule has 0 unspecified atom stereocenters. The minimum Gasteiger partial charge on any atom is -0.478 e. The highest BCUT2D eigenvalue weighted by molar-refractivity contribution is 7.98. The first-order chi connectivity index (χ1) is 9.70. The second kappa shape index (κ2) is 7.04. The van der Waals surface area contributed by atoms with Crippen molar-refractivity contribution in [1.29, 1.82) is 0 Å². The van der Waals surface area contributed by atoms with Gasteiger partial charge in [-0.3, -0.25) is 0 Å². The van der Waals surface area contributed by atoms with Gasteiger partial charge in [0.15, 0.2) is 5.82 Å². The average Bonchev–Trinajstić information content (AvgIpc) is 2.91. The van der Waals surface area contributed by atoms with Crippen LogP contribution in [0.3, 0.4) is 0 Å². The third kappa shape index (κ3) is 3.80. The van der Waals surface area contributed by atoms with Crippen LogP contribution in [0.2, 0.25) is 0 Å².